The molecule has 10 heteroatoms. The van der Waals surface area contributed by atoms with Gasteiger partial charge in [-0.05, 0) is 0 Å². The van der Waals surface area contributed by atoms with Crippen LogP contribution < -0.4 is 0 Å². The van der Waals surface area contributed by atoms with E-state index in [1.807, 2.05) is 0 Å². The molecule has 0 bridgehead atoms. The Morgan fingerprint density at radius 2 is 0.760 bits per heavy atom. The van der Waals surface area contributed by atoms with Gasteiger partial charge in [0, 0.05) is 0 Å². The molecule has 0 saturated heterocycles. The first-order valence-corrected chi connectivity index (χ1v) is 14.0. The van der Waals surface area contributed by atoms with Crippen molar-refractivity contribution in [3.63, 3.8) is 0 Å². The van der Waals surface area contributed by atoms with Crippen molar-refractivity contribution >= 4 is 0 Å². The molecule has 0 unspecified atom stereocenters. The Labute approximate surface area is 167 Å². The van der Waals surface area contributed by atoms with Crippen molar-refractivity contribution in [1.82, 2.24) is 20.3 Å². The number of hydrogen-bond acceptors (Lipinski definition) is 8. The van der Waals surface area contributed by atoms with Crippen LogP contribution in [0.2, 0.25) is 0 Å². The van der Waals surface area contributed by atoms with Gasteiger partial charge in [0.25, 0.3) is 0 Å². The monoisotopic (exact) mass is 436 g/mol. The second-order valence-electron chi connectivity index (χ2n) is 7.15. The van der Waals surface area contributed by atoms with Gasteiger partial charge in [0.05, 0.1) is 0 Å². The van der Waals surface area contributed by atoms with Crippen LogP contribution >= 0.6 is 0 Å². The fourth-order valence-electron chi connectivity index (χ4n) is 3.53. The third-order valence-electron chi connectivity index (χ3n) is 4.11. The summed E-state index contributed by atoms with van der Waals surface area (Å²) in [5.74, 6) is 0. The molecule has 0 N–H and O–H groups in total. The molecule has 0 saturated carbocycles. The van der Waals surface area contributed by atoms with Crippen LogP contribution in [0.15, 0.2) is 0 Å². The summed E-state index contributed by atoms with van der Waals surface area (Å²) in [7, 11) is 26.8. The first-order valence-electron chi connectivity index (χ1n) is 8.52. The maximum absolute atomic E-state index is 5.98. The molecule has 0 amide bonds. The van der Waals surface area contributed by atoms with Crippen LogP contribution in [0, 0.1) is 0 Å². The molecule has 0 aromatic heterocycles. The van der Waals surface area contributed by atoms with Gasteiger partial charge in [0.15, 0.2) is 0 Å². The SMILES string of the molecule is CC[O][Ti]([N](C)C)([N](C)C)[N](C)C.C[O][Ti]([N](C)C)([N](C)C)[N](C)C. The van der Waals surface area contributed by atoms with Gasteiger partial charge in [-0.15, -0.1) is 0 Å². The first-order chi connectivity index (χ1) is 11.3. The van der Waals surface area contributed by atoms with E-state index in [4.69, 9.17) is 6.64 Å². The van der Waals surface area contributed by atoms with Crippen LogP contribution in [0.25, 0.3) is 0 Å². The average Bonchev–Trinajstić information content (AvgIpc) is 2.44. The quantitative estimate of drug-likeness (QED) is 0.489. The van der Waals surface area contributed by atoms with Gasteiger partial charge < -0.3 is 0 Å². The summed E-state index contributed by atoms with van der Waals surface area (Å²) >= 11 is -5.12. The van der Waals surface area contributed by atoms with Crippen LogP contribution in [-0.4, -0.2) is 119 Å². The first kappa shape index (κ1) is 28.3. The predicted molar refractivity (Wildman–Crippen MR) is 101 cm³/mol. The maximum atomic E-state index is 5.98. The van der Waals surface area contributed by atoms with Crippen molar-refractivity contribution in [1.29, 1.82) is 0 Å². The summed E-state index contributed by atoms with van der Waals surface area (Å²) in [6.45, 7) is 2.82. The van der Waals surface area contributed by atoms with Gasteiger partial charge in [0.2, 0.25) is 0 Å². The van der Waals surface area contributed by atoms with Gasteiger partial charge >= 0.3 is 168 Å². The van der Waals surface area contributed by atoms with E-state index in [1.54, 1.807) is 7.11 Å². The van der Waals surface area contributed by atoms with E-state index in [0.29, 0.717) is 0 Å². The van der Waals surface area contributed by atoms with Crippen molar-refractivity contribution in [3.05, 3.63) is 0 Å². The molecular formula is C15H44N6O2Ti2. The van der Waals surface area contributed by atoms with Gasteiger partial charge in [0.1, 0.15) is 0 Å². The van der Waals surface area contributed by atoms with E-state index in [9.17, 15) is 0 Å². The standard InChI is InChI=1S/6C2H6N.C2H5O.CH3O.2Ti/c6*1-3-2;1-2-3;1-2;;/h6*1-2H3;2H2,1H3;1H3;;/q8*-1;2*+4. The molecule has 8 nitrogen and oxygen atoms in total. The van der Waals surface area contributed by atoms with Crippen molar-refractivity contribution in [2.75, 3.05) is 98.3 Å². The molecule has 0 atom stereocenters. The molecule has 0 rings (SSSR count). The molecule has 0 aromatic carbocycles. The van der Waals surface area contributed by atoms with Crippen molar-refractivity contribution in [3.8, 4) is 0 Å². The topological polar surface area (TPSA) is 37.9 Å². The van der Waals surface area contributed by atoms with Crippen LogP contribution in [0.3, 0.4) is 0 Å². The molecule has 0 spiro atoms. The summed E-state index contributed by atoms with van der Waals surface area (Å²) in [5, 5.41) is 0. The van der Waals surface area contributed by atoms with Gasteiger partial charge in [-0.3, -0.25) is 0 Å². The van der Waals surface area contributed by atoms with E-state index in [2.05, 4.69) is 112 Å². The zero-order valence-electron chi connectivity index (χ0n) is 19.2. The Balaban J connectivity index is 0. The fourth-order valence-corrected chi connectivity index (χ4v) is 14.5. The molecule has 25 heavy (non-hydrogen) atoms. The molecule has 0 aliphatic rings. The Hall–Kier alpha value is 1.11. The summed E-state index contributed by atoms with van der Waals surface area (Å²) < 4.78 is 25.0. The van der Waals surface area contributed by atoms with Crippen molar-refractivity contribution in [2.45, 2.75) is 6.92 Å². The Morgan fingerprint density at radius 3 is 0.800 bits per heavy atom. The Morgan fingerprint density at radius 1 is 0.520 bits per heavy atom. The zero-order chi connectivity index (χ0) is 20.6. The second-order valence-corrected chi connectivity index (χ2v) is 20.2. The number of nitrogens with zero attached hydrogens (tertiary/aromatic N) is 6. The summed E-state index contributed by atoms with van der Waals surface area (Å²) in [6, 6.07) is 0. The fraction of sp³-hybridized carbons (Fsp3) is 1.00. The molecular weight excluding hydrogens is 392 g/mol. The molecule has 0 fully saturated rings. The average molecular weight is 436 g/mol. The second kappa shape index (κ2) is 12.5. The van der Waals surface area contributed by atoms with Crippen molar-refractivity contribution in [2.24, 2.45) is 0 Å². The van der Waals surface area contributed by atoms with Crippen LogP contribution in [0.4, 0.5) is 0 Å². The van der Waals surface area contributed by atoms with Gasteiger partial charge in [-0.1, -0.05) is 0 Å². The Kier molecular flexibility index (Phi) is 14.2. The van der Waals surface area contributed by atoms with Gasteiger partial charge in [-0.25, -0.2) is 0 Å². The Bertz CT molecular complexity index is 311. The molecule has 0 radical (unpaired) electrons. The van der Waals surface area contributed by atoms with E-state index in [-0.39, 0.29) is 0 Å². The van der Waals surface area contributed by atoms with E-state index in [0.717, 1.165) is 6.61 Å². The molecule has 0 aliphatic heterocycles. The molecule has 0 aromatic rings. The predicted octanol–water partition coefficient (Wildman–Crippen LogP) is 0.653. The number of rotatable bonds is 9. The normalized spacial score (nSPS) is 13.4. The zero-order valence-corrected chi connectivity index (χ0v) is 22.3. The molecule has 0 aliphatic carbocycles. The van der Waals surface area contributed by atoms with Crippen LogP contribution in [0.5, 0.6) is 0 Å². The molecule has 0 heterocycles. The van der Waals surface area contributed by atoms with E-state index >= 15 is 0 Å². The third-order valence-corrected chi connectivity index (χ3v) is 16.9. The number of hydrogen-bond donors (Lipinski definition) is 0. The summed E-state index contributed by atoms with van der Waals surface area (Å²) in [6.07, 6.45) is 0. The third kappa shape index (κ3) is 6.89. The van der Waals surface area contributed by atoms with Crippen LogP contribution in [-0.2, 0) is 42.1 Å². The van der Waals surface area contributed by atoms with Crippen LogP contribution in [0.1, 0.15) is 6.92 Å². The minimum absolute atomic E-state index is 0.772. The molecule has 154 valence electrons. The van der Waals surface area contributed by atoms with E-state index < -0.39 is 35.5 Å². The van der Waals surface area contributed by atoms with E-state index in [1.165, 1.54) is 0 Å². The summed E-state index contributed by atoms with van der Waals surface area (Å²) in [4.78, 5) is 0. The minimum atomic E-state index is -2.58. The summed E-state index contributed by atoms with van der Waals surface area (Å²) in [5.41, 5.74) is 0. The van der Waals surface area contributed by atoms with Crippen molar-refractivity contribution < 1.29 is 42.1 Å². The van der Waals surface area contributed by atoms with Gasteiger partial charge in [-0.2, -0.15) is 0 Å².